The Bertz CT molecular complexity index is 381. The molecule has 0 saturated heterocycles. The Hall–Kier alpha value is -0.980. The molecular formula is C7H9NO4S. The fourth-order valence-corrected chi connectivity index (χ4v) is 1.46. The summed E-state index contributed by atoms with van der Waals surface area (Å²) in [5, 5.41) is 0. The summed E-state index contributed by atoms with van der Waals surface area (Å²) in [6.07, 6.45) is 4.18. The van der Waals surface area contributed by atoms with Gasteiger partial charge in [0.05, 0.1) is 10.4 Å². The molecule has 0 aromatic heterocycles. The summed E-state index contributed by atoms with van der Waals surface area (Å²) in [6, 6.07) is 0. The van der Waals surface area contributed by atoms with Crippen molar-refractivity contribution in [2.75, 3.05) is 0 Å². The van der Waals surface area contributed by atoms with Crippen LogP contribution in [0, 0.1) is 0 Å². The lowest BCUT2D eigenvalue weighted by atomic mass is 9.94. The van der Waals surface area contributed by atoms with Gasteiger partial charge < -0.3 is 10.5 Å². The number of carbonyl (C=O) groups excluding carboxylic acids is 1. The maximum atomic E-state index is 10.6. The molecule has 5 nitrogen and oxygen atoms in total. The van der Waals surface area contributed by atoms with Crippen LogP contribution in [0.15, 0.2) is 23.1 Å². The summed E-state index contributed by atoms with van der Waals surface area (Å²) in [5.74, 6) is 0. The van der Waals surface area contributed by atoms with Crippen molar-refractivity contribution in [3.05, 3.63) is 23.1 Å². The minimum atomic E-state index is -4.18. The van der Waals surface area contributed by atoms with Gasteiger partial charge in [0.15, 0.2) is 0 Å². The predicted octanol–water partition coefficient (Wildman–Crippen LogP) is -0.386. The van der Waals surface area contributed by atoms with Gasteiger partial charge in [0, 0.05) is 0 Å². The normalized spacial score (nSPS) is 28.3. The van der Waals surface area contributed by atoms with Crippen LogP contribution in [0.2, 0.25) is 0 Å². The number of nitrogens with two attached hydrogens (primary N) is 1. The van der Waals surface area contributed by atoms with E-state index in [1.165, 1.54) is 12.2 Å². The first-order valence-corrected chi connectivity index (χ1v) is 4.93. The first kappa shape index (κ1) is 10.1. The van der Waals surface area contributed by atoms with E-state index in [-0.39, 0.29) is 11.3 Å². The summed E-state index contributed by atoms with van der Waals surface area (Å²) < 4.78 is 29.8. The summed E-state index contributed by atoms with van der Waals surface area (Å²) in [4.78, 5) is 10.2. The Morgan fingerprint density at radius 3 is 2.54 bits per heavy atom. The number of hydrogen-bond donors (Lipinski definition) is 2. The molecule has 13 heavy (non-hydrogen) atoms. The van der Waals surface area contributed by atoms with Crippen molar-refractivity contribution < 1.29 is 17.8 Å². The van der Waals surface area contributed by atoms with Gasteiger partial charge in [-0.05, 0) is 12.5 Å². The van der Waals surface area contributed by atoms with E-state index in [2.05, 4.69) is 0 Å². The predicted molar refractivity (Wildman–Crippen MR) is 46.4 cm³/mol. The van der Waals surface area contributed by atoms with Crippen molar-refractivity contribution in [3.63, 3.8) is 0 Å². The smallest absolute Gasteiger partial charge is 0.294 e. The van der Waals surface area contributed by atoms with Crippen LogP contribution in [0.3, 0.4) is 0 Å². The molecule has 6 heteroatoms. The Labute approximate surface area is 75.7 Å². The fraction of sp³-hybridized carbons (Fsp3) is 0.286. The van der Waals surface area contributed by atoms with Gasteiger partial charge in [0.25, 0.3) is 10.1 Å². The van der Waals surface area contributed by atoms with Crippen molar-refractivity contribution in [1.82, 2.24) is 0 Å². The van der Waals surface area contributed by atoms with Crippen LogP contribution in [0.4, 0.5) is 0 Å². The van der Waals surface area contributed by atoms with Crippen LogP contribution in [0.25, 0.3) is 0 Å². The average molecular weight is 203 g/mol. The highest BCUT2D eigenvalue weighted by Gasteiger charge is 2.25. The summed E-state index contributed by atoms with van der Waals surface area (Å²) in [7, 11) is -4.18. The summed E-state index contributed by atoms with van der Waals surface area (Å²) in [6.45, 7) is 0. The van der Waals surface area contributed by atoms with E-state index >= 15 is 0 Å². The van der Waals surface area contributed by atoms with E-state index in [1.807, 2.05) is 0 Å². The molecule has 0 saturated carbocycles. The molecule has 0 spiro atoms. The molecule has 1 rings (SSSR count). The SMILES string of the molecule is NC1(C=O)C=CC(S(=O)(=O)O)=CC1. The van der Waals surface area contributed by atoms with Crippen LogP contribution in [0.5, 0.6) is 0 Å². The molecule has 0 bridgehead atoms. The van der Waals surface area contributed by atoms with Gasteiger partial charge in [-0.15, -0.1) is 0 Å². The van der Waals surface area contributed by atoms with Crippen molar-refractivity contribution in [2.45, 2.75) is 12.0 Å². The molecule has 0 aliphatic heterocycles. The van der Waals surface area contributed by atoms with Crippen LogP contribution in [0.1, 0.15) is 6.42 Å². The maximum Gasteiger partial charge on any atom is 0.294 e. The van der Waals surface area contributed by atoms with Gasteiger partial charge >= 0.3 is 0 Å². The molecule has 0 fully saturated rings. The van der Waals surface area contributed by atoms with Gasteiger partial charge in [0.2, 0.25) is 0 Å². The molecule has 0 radical (unpaired) electrons. The molecule has 72 valence electrons. The first-order valence-electron chi connectivity index (χ1n) is 3.49. The average Bonchev–Trinajstić information content (AvgIpc) is 2.04. The number of aldehydes is 1. The van der Waals surface area contributed by atoms with E-state index < -0.39 is 15.7 Å². The molecule has 0 heterocycles. The Balaban J connectivity index is 2.95. The first-order chi connectivity index (χ1) is 5.87. The van der Waals surface area contributed by atoms with Gasteiger partial charge in [0.1, 0.15) is 6.29 Å². The van der Waals surface area contributed by atoms with Crippen molar-refractivity contribution in [3.8, 4) is 0 Å². The molecule has 1 aliphatic rings. The van der Waals surface area contributed by atoms with Gasteiger partial charge in [-0.25, -0.2) is 0 Å². The highest BCUT2D eigenvalue weighted by Crippen LogP contribution is 2.19. The second kappa shape index (κ2) is 3.06. The van der Waals surface area contributed by atoms with Crippen LogP contribution in [-0.2, 0) is 14.9 Å². The van der Waals surface area contributed by atoms with E-state index in [1.54, 1.807) is 0 Å². The molecule has 1 atom stereocenters. The van der Waals surface area contributed by atoms with Crippen molar-refractivity contribution in [2.24, 2.45) is 5.73 Å². The topological polar surface area (TPSA) is 97.5 Å². The molecule has 1 aliphatic carbocycles. The third-order valence-electron chi connectivity index (χ3n) is 1.73. The summed E-state index contributed by atoms with van der Waals surface area (Å²) >= 11 is 0. The molecule has 1 unspecified atom stereocenters. The zero-order chi connectivity index (χ0) is 10.1. The lowest BCUT2D eigenvalue weighted by Gasteiger charge is -2.19. The Morgan fingerprint density at radius 2 is 2.23 bits per heavy atom. The minimum Gasteiger partial charge on any atom is -0.316 e. The Kier molecular flexibility index (Phi) is 2.38. The quantitative estimate of drug-likeness (QED) is 0.470. The number of rotatable bonds is 2. The van der Waals surface area contributed by atoms with Gasteiger partial charge in [-0.2, -0.15) is 8.42 Å². The van der Waals surface area contributed by atoms with E-state index in [4.69, 9.17) is 10.3 Å². The van der Waals surface area contributed by atoms with Crippen LogP contribution in [-0.4, -0.2) is 24.8 Å². The third-order valence-corrected chi connectivity index (χ3v) is 2.63. The van der Waals surface area contributed by atoms with Crippen molar-refractivity contribution in [1.29, 1.82) is 0 Å². The Morgan fingerprint density at radius 1 is 1.62 bits per heavy atom. The monoisotopic (exact) mass is 203 g/mol. The zero-order valence-corrected chi connectivity index (χ0v) is 7.49. The fourth-order valence-electron chi connectivity index (χ4n) is 0.929. The largest absolute Gasteiger partial charge is 0.316 e. The molecule has 3 N–H and O–H groups in total. The van der Waals surface area contributed by atoms with E-state index in [0.717, 1.165) is 6.08 Å². The lowest BCUT2D eigenvalue weighted by molar-refractivity contribution is -0.110. The number of carbonyl (C=O) groups is 1. The third kappa shape index (κ3) is 2.24. The standard InChI is InChI=1S/C7H9NO4S/c8-7(5-9)3-1-6(2-4-7)13(10,11)12/h1-3,5H,4,8H2,(H,10,11,12). The minimum absolute atomic E-state index is 0.0716. The molecule has 0 amide bonds. The second-order valence-corrected chi connectivity index (χ2v) is 4.27. The highest BCUT2D eigenvalue weighted by molar-refractivity contribution is 7.90. The van der Waals surface area contributed by atoms with Crippen LogP contribution >= 0.6 is 0 Å². The number of allylic oxidation sites excluding steroid dienone is 1. The number of hydrogen-bond acceptors (Lipinski definition) is 4. The molecule has 0 aromatic rings. The zero-order valence-electron chi connectivity index (χ0n) is 6.67. The van der Waals surface area contributed by atoms with Crippen LogP contribution < -0.4 is 5.73 Å². The van der Waals surface area contributed by atoms with Gasteiger partial charge in [-0.3, -0.25) is 4.55 Å². The summed E-state index contributed by atoms with van der Waals surface area (Å²) in [5.41, 5.74) is 4.34. The van der Waals surface area contributed by atoms with Gasteiger partial charge in [-0.1, -0.05) is 12.2 Å². The van der Waals surface area contributed by atoms with E-state index in [0.29, 0.717) is 6.29 Å². The van der Waals surface area contributed by atoms with E-state index in [9.17, 15) is 13.2 Å². The lowest BCUT2D eigenvalue weighted by Crippen LogP contribution is -2.40. The highest BCUT2D eigenvalue weighted by atomic mass is 32.2. The molecule has 0 aromatic carbocycles. The second-order valence-electron chi connectivity index (χ2n) is 2.85. The maximum absolute atomic E-state index is 10.6. The van der Waals surface area contributed by atoms with Crippen molar-refractivity contribution >= 4 is 16.4 Å². The molecular weight excluding hydrogens is 194 g/mol.